The normalized spacial score (nSPS) is 12.3. The molecule has 0 aliphatic rings. The molecule has 2 rings (SSSR count). The molecule has 1 unspecified atom stereocenters. The van der Waals surface area contributed by atoms with Crippen molar-refractivity contribution in [1.29, 1.82) is 0 Å². The summed E-state index contributed by atoms with van der Waals surface area (Å²) in [7, 11) is 0. The van der Waals surface area contributed by atoms with E-state index < -0.39 is 5.25 Å². The third-order valence-electron chi connectivity index (χ3n) is 3.46. The lowest BCUT2D eigenvalue weighted by atomic mass is 10.2. The summed E-state index contributed by atoms with van der Waals surface area (Å²) in [6.07, 6.45) is 1.87. The molecule has 0 aliphatic carbocycles. The molecule has 0 spiro atoms. The predicted molar refractivity (Wildman–Crippen MR) is 92.9 cm³/mol. The van der Waals surface area contributed by atoms with Crippen molar-refractivity contribution in [3.05, 3.63) is 34.6 Å². The highest BCUT2D eigenvalue weighted by atomic mass is 32.2. The first kappa shape index (κ1) is 17.5. The fourth-order valence-corrected chi connectivity index (χ4v) is 3.15. The average molecular weight is 334 g/mol. The van der Waals surface area contributed by atoms with Gasteiger partial charge in [-0.05, 0) is 32.4 Å². The van der Waals surface area contributed by atoms with Crippen LogP contribution in [0, 0.1) is 0 Å². The van der Waals surface area contributed by atoms with Crippen LogP contribution in [0.5, 0.6) is 0 Å². The van der Waals surface area contributed by atoms with E-state index in [1.807, 2.05) is 18.2 Å². The maximum atomic E-state index is 12.7. The van der Waals surface area contributed by atoms with Gasteiger partial charge in [0.2, 0.25) is 0 Å². The van der Waals surface area contributed by atoms with Crippen LogP contribution in [-0.2, 0) is 16.1 Å². The zero-order chi connectivity index (χ0) is 16.8. The molecule has 5 nitrogen and oxygen atoms in total. The van der Waals surface area contributed by atoms with Gasteiger partial charge in [0.15, 0.2) is 5.16 Å². The largest absolute Gasteiger partial charge is 0.465 e. The maximum Gasteiger partial charge on any atom is 0.319 e. The van der Waals surface area contributed by atoms with Gasteiger partial charge in [0.25, 0.3) is 5.56 Å². The first-order valence-electron chi connectivity index (χ1n) is 7.91. The molecule has 0 N–H and O–H groups in total. The number of hydrogen-bond acceptors (Lipinski definition) is 5. The van der Waals surface area contributed by atoms with Crippen molar-refractivity contribution in [2.24, 2.45) is 0 Å². The van der Waals surface area contributed by atoms with Gasteiger partial charge in [-0.1, -0.05) is 37.2 Å². The van der Waals surface area contributed by atoms with E-state index in [1.54, 1.807) is 24.5 Å². The molecule has 0 fully saturated rings. The van der Waals surface area contributed by atoms with E-state index in [0.29, 0.717) is 29.2 Å². The smallest absolute Gasteiger partial charge is 0.319 e. The van der Waals surface area contributed by atoms with Crippen LogP contribution in [0.3, 0.4) is 0 Å². The van der Waals surface area contributed by atoms with Gasteiger partial charge in [0.1, 0.15) is 5.25 Å². The van der Waals surface area contributed by atoms with E-state index >= 15 is 0 Å². The minimum absolute atomic E-state index is 0.0531. The minimum Gasteiger partial charge on any atom is -0.465 e. The average Bonchev–Trinajstić information content (AvgIpc) is 2.55. The number of fused-ring (bicyclic) bond motifs is 1. The number of rotatable bonds is 7. The summed E-state index contributed by atoms with van der Waals surface area (Å²) < 4.78 is 6.71. The molecule has 1 aromatic heterocycles. The van der Waals surface area contributed by atoms with Gasteiger partial charge >= 0.3 is 5.97 Å². The Morgan fingerprint density at radius 1 is 1.35 bits per heavy atom. The van der Waals surface area contributed by atoms with Gasteiger partial charge in [-0.2, -0.15) is 0 Å². The van der Waals surface area contributed by atoms with Gasteiger partial charge in [0.05, 0.1) is 17.5 Å². The first-order chi connectivity index (χ1) is 11.1. The van der Waals surface area contributed by atoms with Crippen molar-refractivity contribution < 1.29 is 9.53 Å². The quantitative estimate of drug-likeness (QED) is 0.442. The maximum absolute atomic E-state index is 12.7. The van der Waals surface area contributed by atoms with E-state index in [-0.39, 0.29) is 11.5 Å². The van der Waals surface area contributed by atoms with Crippen molar-refractivity contribution in [2.75, 3.05) is 6.61 Å². The molecule has 1 aromatic carbocycles. The molecule has 0 amide bonds. The van der Waals surface area contributed by atoms with Gasteiger partial charge < -0.3 is 4.74 Å². The number of carbonyl (C=O) groups excluding carboxylic acids is 1. The van der Waals surface area contributed by atoms with E-state index in [2.05, 4.69) is 11.9 Å². The van der Waals surface area contributed by atoms with Crippen molar-refractivity contribution >= 4 is 28.6 Å². The second-order valence-corrected chi connectivity index (χ2v) is 6.54. The van der Waals surface area contributed by atoms with Crippen LogP contribution in [-0.4, -0.2) is 27.4 Å². The van der Waals surface area contributed by atoms with Crippen molar-refractivity contribution in [1.82, 2.24) is 9.55 Å². The third-order valence-corrected chi connectivity index (χ3v) is 4.53. The van der Waals surface area contributed by atoms with Crippen molar-refractivity contribution in [3.8, 4) is 0 Å². The highest BCUT2D eigenvalue weighted by molar-refractivity contribution is 8.00. The van der Waals surface area contributed by atoms with Crippen LogP contribution in [0.25, 0.3) is 10.9 Å². The Morgan fingerprint density at radius 3 is 2.78 bits per heavy atom. The second-order valence-electron chi connectivity index (χ2n) is 5.23. The van der Waals surface area contributed by atoms with Crippen LogP contribution in [0.15, 0.2) is 34.2 Å². The zero-order valence-corrected chi connectivity index (χ0v) is 14.6. The number of unbranched alkanes of at least 4 members (excludes halogenated alkanes) is 1. The van der Waals surface area contributed by atoms with Crippen LogP contribution in [0.4, 0.5) is 0 Å². The summed E-state index contributed by atoms with van der Waals surface area (Å²) in [5.41, 5.74) is 0.603. The van der Waals surface area contributed by atoms with Crippen LogP contribution < -0.4 is 5.56 Å². The Hall–Kier alpha value is -1.82. The van der Waals surface area contributed by atoms with Crippen molar-refractivity contribution in [3.63, 3.8) is 0 Å². The van der Waals surface area contributed by atoms with Crippen molar-refractivity contribution in [2.45, 2.75) is 50.6 Å². The molecule has 0 bridgehead atoms. The zero-order valence-electron chi connectivity index (χ0n) is 13.7. The molecular weight excluding hydrogens is 312 g/mol. The highest BCUT2D eigenvalue weighted by Crippen LogP contribution is 2.23. The topological polar surface area (TPSA) is 61.2 Å². The molecular formula is C17H22N2O3S. The number of carbonyl (C=O) groups is 1. The summed E-state index contributed by atoms with van der Waals surface area (Å²) in [5.74, 6) is -0.290. The molecule has 2 aromatic rings. The van der Waals surface area contributed by atoms with Gasteiger partial charge in [-0.25, -0.2) is 4.98 Å². The Bertz CT molecular complexity index is 742. The molecule has 0 radical (unpaired) electrons. The fraction of sp³-hybridized carbons (Fsp3) is 0.471. The number of aromatic nitrogens is 2. The van der Waals surface area contributed by atoms with E-state index in [4.69, 9.17) is 4.74 Å². The lowest BCUT2D eigenvalue weighted by molar-refractivity contribution is -0.142. The van der Waals surface area contributed by atoms with Gasteiger partial charge in [0, 0.05) is 6.54 Å². The third kappa shape index (κ3) is 4.13. The number of benzene rings is 1. The molecule has 0 aliphatic heterocycles. The molecule has 1 heterocycles. The number of esters is 1. The Labute approximate surface area is 140 Å². The number of hydrogen-bond donors (Lipinski definition) is 0. The molecule has 124 valence electrons. The monoisotopic (exact) mass is 334 g/mol. The van der Waals surface area contributed by atoms with Gasteiger partial charge in [-0.15, -0.1) is 0 Å². The summed E-state index contributed by atoms with van der Waals surface area (Å²) >= 11 is 1.28. The molecule has 0 saturated carbocycles. The number of nitrogens with zero attached hydrogens (tertiary/aromatic N) is 2. The van der Waals surface area contributed by atoms with Crippen LogP contribution in [0.2, 0.25) is 0 Å². The van der Waals surface area contributed by atoms with E-state index in [0.717, 1.165) is 12.8 Å². The van der Waals surface area contributed by atoms with Crippen LogP contribution >= 0.6 is 11.8 Å². The first-order valence-corrected chi connectivity index (χ1v) is 8.79. The summed E-state index contributed by atoms with van der Waals surface area (Å²) in [6, 6.07) is 7.30. The Morgan fingerprint density at radius 2 is 2.09 bits per heavy atom. The highest BCUT2D eigenvalue weighted by Gasteiger charge is 2.20. The molecule has 0 saturated heterocycles. The predicted octanol–water partition coefficient (Wildman–Crippen LogP) is 3.24. The summed E-state index contributed by atoms with van der Waals surface area (Å²) in [4.78, 5) is 29.2. The minimum atomic E-state index is -0.407. The Kier molecular flexibility index (Phi) is 6.21. The Balaban J connectivity index is 2.43. The molecule has 6 heteroatoms. The second kappa shape index (κ2) is 8.15. The number of para-hydroxylation sites is 1. The molecule has 1 atom stereocenters. The lowest BCUT2D eigenvalue weighted by Gasteiger charge is -2.15. The SMILES string of the molecule is CCCCn1c(SC(C)C(=O)OCC)nc2ccccc2c1=O. The van der Waals surface area contributed by atoms with E-state index in [9.17, 15) is 9.59 Å². The van der Waals surface area contributed by atoms with Gasteiger partial charge in [-0.3, -0.25) is 14.2 Å². The lowest BCUT2D eigenvalue weighted by Crippen LogP contribution is -2.25. The summed E-state index contributed by atoms with van der Waals surface area (Å²) in [5, 5.41) is 0.773. The standard InChI is InChI=1S/C17H22N2O3S/c1-4-6-11-19-15(20)13-9-7-8-10-14(13)18-17(19)23-12(3)16(21)22-5-2/h7-10,12H,4-6,11H2,1-3H3. The molecule has 23 heavy (non-hydrogen) atoms. The number of thioether (sulfide) groups is 1. The number of ether oxygens (including phenoxy) is 1. The summed E-state index contributed by atoms with van der Waals surface area (Å²) in [6.45, 7) is 6.57. The van der Waals surface area contributed by atoms with Crippen LogP contribution in [0.1, 0.15) is 33.6 Å². The van der Waals surface area contributed by atoms with E-state index in [1.165, 1.54) is 11.8 Å². The fourth-order valence-electron chi connectivity index (χ4n) is 2.22.